The molecule has 3 aromatic rings. The van der Waals surface area contributed by atoms with Crippen molar-refractivity contribution < 1.29 is 0 Å². The van der Waals surface area contributed by atoms with Gasteiger partial charge in [0, 0.05) is 17.0 Å². The molecule has 0 bridgehead atoms. The summed E-state index contributed by atoms with van der Waals surface area (Å²) in [7, 11) is 0. The van der Waals surface area contributed by atoms with Gasteiger partial charge in [0.25, 0.3) is 0 Å². The highest BCUT2D eigenvalue weighted by atomic mass is 15.0. The Balaban J connectivity index is 2.11. The Hall–Kier alpha value is -3.06. The summed E-state index contributed by atoms with van der Waals surface area (Å²) in [5.41, 5.74) is 3.67. The minimum absolute atomic E-state index is 0.207. The van der Waals surface area contributed by atoms with Gasteiger partial charge in [-0.15, -0.1) is 0 Å². The molecule has 0 aliphatic carbocycles. The minimum Gasteiger partial charge on any atom is -0.238 e. The number of hydrogen-bond acceptors (Lipinski definition) is 3. The SMILES string of the molecule is [C-]#[N+]c1ccc(-c2nc(-c3ccc(C)cc3)nc(C(C)C)n2)cc1. The average Bonchev–Trinajstić information content (AvgIpc) is 2.62. The van der Waals surface area contributed by atoms with Crippen molar-refractivity contribution in [1.29, 1.82) is 0 Å². The van der Waals surface area contributed by atoms with Crippen LogP contribution in [0.3, 0.4) is 0 Å². The molecule has 1 heterocycles. The lowest BCUT2D eigenvalue weighted by Gasteiger charge is -2.10. The highest BCUT2D eigenvalue weighted by molar-refractivity contribution is 5.63. The van der Waals surface area contributed by atoms with Crippen LogP contribution in [0.4, 0.5) is 5.69 Å². The summed E-state index contributed by atoms with van der Waals surface area (Å²) in [6.07, 6.45) is 0. The van der Waals surface area contributed by atoms with Crippen LogP contribution in [0.15, 0.2) is 48.5 Å². The Kier molecular flexibility index (Phi) is 4.35. The number of aromatic nitrogens is 3. The standard InChI is InChI=1S/C20H18N4/c1-13(2)18-22-19(15-7-5-14(3)6-8-15)24-20(23-18)16-9-11-17(21-4)12-10-16/h5-13H,1-3H3. The summed E-state index contributed by atoms with van der Waals surface area (Å²) < 4.78 is 0. The third-order valence-electron chi connectivity index (χ3n) is 3.73. The first-order chi connectivity index (χ1) is 11.6. The Morgan fingerprint density at radius 1 is 0.792 bits per heavy atom. The largest absolute Gasteiger partial charge is 0.238 e. The van der Waals surface area contributed by atoms with Gasteiger partial charge in [-0.3, -0.25) is 0 Å². The summed E-state index contributed by atoms with van der Waals surface area (Å²) >= 11 is 0. The van der Waals surface area contributed by atoms with E-state index < -0.39 is 0 Å². The highest BCUT2D eigenvalue weighted by Gasteiger charge is 2.12. The lowest BCUT2D eigenvalue weighted by molar-refractivity contribution is 0.766. The molecule has 0 fully saturated rings. The zero-order valence-corrected chi connectivity index (χ0v) is 14.0. The predicted octanol–water partition coefficient (Wildman–Crippen LogP) is 5.19. The van der Waals surface area contributed by atoms with E-state index in [2.05, 4.69) is 52.7 Å². The summed E-state index contributed by atoms with van der Waals surface area (Å²) in [5.74, 6) is 2.29. The topological polar surface area (TPSA) is 43.0 Å². The lowest BCUT2D eigenvalue weighted by atomic mass is 10.1. The molecule has 0 aliphatic rings. The molecular formula is C20H18N4. The maximum Gasteiger partial charge on any atom is 0.187 e. The van der Waals surface area contributed by atoms with Crippen molar-refractivity contribution in [3.05, 3.63) is 71.3 Å². The van der Waals surface area contributed by atoms with E-state index in [4.69, 9.17) is 6.57 Å². The zero-order chi connectivity index (χ0) is 17.1. The van der Waals surface area contributed by atoms with E-state index in [9.17, 15) is 0 Å². The molecule has 0 atom stereocenters. The maximum absolute atomic E-state index is 7.06. The first-order valence-electron chi connectivity index (χ1n) is 7.87. The maximum atomic E-state index is 7.06. The van der Waals surface area contributed by atoms with Gasteiger partial charge in [0.05, 0.1) is 6.57 Å². The van der Waals surface area contributed by atoms with Crippen LogP contribution in [-0.2, 0) is 0 Å². The number of nitrogens with zero attached hydrogens (tertiary/aromatic N) is 4. The monoisotopic (exact) mass is 314 g/mol. The van der Waals surface area contributed by atoms with Gasteiger partial charge < -0.3 is 0 Å². The van der Waals surface area contributed by atoms with Crippen LogP contribution in [0.1, 0.15) is 31.2 Å². The Labute approximate surface area is 142 Å². The first-order valence-corrected chi connectivity index (χ1v) is 7.87. The second-order valence-electron chi connectivity index (χ2n) is 6.02. The highest BCUT2D eigenvalue weighted by Crippen LogP contribution is 2.24. The molecule has 0 saturated carbocycles. The van der Waals surface area contributed by atoms with E-state index in [1.165, 1.54) is 5.56 Å². The van der Waals surface area contributed by atoms with Crippen LogP contribution < -0.4 is 0 Å². The molecule has 118 valence electrons. The number of aryl methyl sites for hydroxylation is 1. The Morgan fingerprint density at radius 3 is 1.75 bits per heavy atom. The molecule has 2 aromatic carbocycles. The molecule has 0 amide bonds. The number of hydrogen-bond donors (Lipinski definition) is 0. The molecular weight excluding hydrogens is 296 g/mol. The van der Waals surface area contributed by atoms with Crippen LogP contribution in [0.25, 0.3) is 27.6 Å². The van der Waals surface area contributed by atoms with Crippen molar-refractivity contribution >= 4 is 5.69 Å². The molecule has 0 saturated heterocycles. The van der Waals surface area contributed by atoms with E-state index >= 15 is 0 Å². The van der Waals surface area contributed by atoms with Crippen molar-refractivity contribution in [2.24, 2.45) is 0 Å². The molecule has 4 heteroatoms. The molecule has 0 aliphatic heterocycles. The van der Waals surface area contributed by atoms with Crippen LogP contribution in [-0.4, -0.2) is 15.0 Å². The van der Waals surface area contributed by atoms with Crippen molar-refractivity contribution in [2.45, 2.75) is 26.7 Å². The van der Waals surface area contributed by atoms with E-state index in [1.807, 2.05) is 24.3 Å². The molecule has 1 aromatic heterocycles. The summed E-state index contributed by atoms with van der Waals surface area (Å²) in [6, 6.07) is 15.5. The zero-order valence-electron chi connectivity index (χ0n) is 14.0. The van der Waals surface area contributed by atoms with Gasteiger partial charge in [-0.05, 0) is 6.92 Å². The van der Waals surface area contributed by atoms with Gasteiger partial charge in [-0.2, -0.15) is 0 Å². The second kappa shape index (κ2) is 6.59. The molecule has 0 spiro atoms. The first kappa shape index (κ1) is 15.8. The van der Waals surface area contributed by atoms with Crippen molar-refractivity contribution in [3.63, 3.8) is 0 Å². The summed E-state index contributed by atoms with van der Waals surface area (Å²) in [5, 5.41) is 0. The van der Waals surface area contributed by atoms with Gasteiger partial charge in [0.1, 0.15) is 5.82 Å². The third-order valence-corrected chi connectivity index (χ3v) is 3.73. The van der Waals surface area contributed by atoms with Crippen molar-refractivity contribution in [2.75, 3.05) is 0 Å². The molecule has 0 N–H and O–H groups in total. The fourth-order valence-corrected chi connectivity index (χ4v) is 2.30. The molecule has 3 rings (SSSR count). The van der Waals surface area contributed by atoms with E-state index in [1.54, 1.807) is 12.1 Å². The third kappa shape index (κ3) is 3.31. The predicted molar refractivity (Wildman–Crippen MR) is 95.8 cm³/mol. The van der Waals surface area contributed by atoms with Crippen molar-refractivity contribution in [3.8, 4) is 22.8 Å². The van der Waals surface area contributed by atoms with E-state index in [0.717, 1.165) is 17.0 Å². The van der Waals surface area contributed by atoms with Gasteiger partial charge in [-0.1, -0.05) is 67.9 Å². The smallest absolute Gasteiger partial charge is 0.187 e. The minimum atomic E-state index is 0.207. The fraction of sp³-hybridized carbons (Fsp3) is 0.200. The number of rotatable bonds is 3. The van der Waals surface area contributed by atoms with E-state index in [-0.39, 0.29) is 5.92 Å². The van der Waals surface area contributed by atoms with Crippen LogP contribution in [0.5, 0.6) is 0 Å². The van der Waals surface area contributed by atoms with Crippen LogP contribution >= 0.6 is 0 Å². The Morgan fingerprint density at radius 2 is 1.29 bits per heavy atom. The van der Waals surface area contributed by atoms with Crippen LogP contribution in [0, 0.1) is 13.5 Å². The lowest BCUT2D eigenvalue weighted by Crippen LogP contribution is -2.04. The van der Waals surface area contributed by atoms with Gasteiger partial charge >= 0.3 is 0 Å². The molecule has 0 unspecified atom stereocenters. The quantitative estimate of drug-likeness (QED) is 0.625. The second-order valence-corrected chi connectivity index (χ2v) is 6.02. The molecule has 0 radical (unpaired) electrons. The normalized spacial score (nSPS) is 10.6. The molecule has 24 heavy (non-hydrogen) atoms. The summed E-state index contributed by atoms with van der Waals surface area (Å²) in [4.78, 5) is 17.3. The van der Waals surface area contributed by atoms with Gasteiger partial charge in [0.15, 0.2) is 17.3 Å². The van der Waals surface area contributed by atoms with E-state index in [0.29, 0.717) is 17.3 Å². The van der Waals surface area contributed by atoms with Gasteiger partial charge in [-0.25, -0.2) is 19.8 Å². The summed E-state index contributed by atoms with van der Waals surface area (Å²) in [6.45, 7) is 13.3. The Bertz CT molecular complexity index is 888. The molecule has 4 nitrogen and oxygen atoms in total. The van der Waals surface area contributed by atoms with Crippen molar-refractivity contribution in [1.82, 2.24) is 15.0 Å². The van der Waals surface area contributed by atoms with Gasteiger partial charge in [0.2, 0.25) is 0 Å². The fourth-order valence-electron chi connectivity index (χ4n) is 2.30. The van der Waals surface area contributed by atoms with Crippen LogP contribution in [0.2, 0.25) is 0 Å². The number of benzene rings is 2. The average molecular weight is 314 g/mol.